The minimum absolute atomic E-state index is 0.0834. The van der Waals surface area contributed by atoms with Gasteiger partial charge in [-0.2, -0.15) is 0 Å². The first-order valence-electron chi connectivity index (χ1n) is 4.21. The Bertz CT molecular complexity index is 415. The third-order valence-electron chi connectivity index (χ3n) is 1.84. The lowest BCUT2D eigenvalue weighted by atomic mass is 10.1. The van der Waals surface area contributed by atoms with Crippen molar-refractivity contribution >= 4 is 11.8 Å². The first-order valence-corrected chi connectivity index (χ1v) is 4.21. The van der Waals surface area contributed by atoms with Crippen molar-refractivity contribution in [3.8, 4) is 0 Å². The summed E-state index contributed by atoms with van der Waals surface area (Å²) in [4.78, 5) is 14.7. The van der Waals surface area contributed by atoms with E-state index in [0.29, 0.717) is 5.69 Å². The molecule has 0 aliphatic heterocycles. The molecule has 1 heterocycles. The molecule has 6 nitrogen and oxygen atoms in total. The number of hydrogen-bond acceptors (Lipinski definition) is 4. The van der Waals surface area contributed by atoms with E-state index in [9.17, 15) is 4.79 Å². The van der Waals surface area contributed by atoms with Crippen LogP contribution in [-0.2, 0) is 0 Å². The molecule has 0 saturated carbocycles. The van der Waals surface area contributed by atoms with Crippen LogP contribution in [0.3, 0.4) is 0 Å². The average Bonchev–Trinajstić information content (AvgIpc) is 2.16. The molecule has 0 amide bonds. The summed E-state index contributed by atoms with van der Waals surface area (Å²) in [6, 6.07) is 3.16. The molecular formula is C9H12N4O2. The van der Waals surface area contributed by atoms with E-state index in [2.05, 4.69) is 4.98 Å². The molecule has 0 saturated heterocycles. The van der Waals surface area contributed by atoms with Crippen LogP contribution < -0.4 is 5.84 Å². The van der Waals surface area contributed by atoms with Crippen LogP contribution in [0.4, 0.5) is 0 Å². The largest absolute Gasteiger partial charge is 0.476 e. The van der Waals surface area contributed by atoms with E-state index in [-0.39, 0.29) is 17.1 Å². The normalized spacial score (nSPS) is 9.80. The summed E-state index contributed by atoms with van der Waals surface area (Å²) in [6.45, 7) is 1.69. The number of carboxylic acid groups (broad SMARTS) is 1. The van der Waals surface area contributed by atoms with Gasteiger partial charge in [0.25, 0.3) is 0 Å². The molecule has 0 radical (unpaired) electrons. The maximum atomic E-state index is 10.9. The van der Waals surface area contributed by atoms with E-state index in [4.69, 9.17) is 16.4 Å². The number of carboxylic acids is 1. The van der Waals surface area contributed by atoms with Crippen LogP contribution in [0, 0.1) is 12.3 Å². The molecular weight excluding hydrogens is 196 g/mol. The van der Waals surface area contributed by atoms with Gasteiger partial charge in [0.2, 0.25) is 0 Å². The van der Waals surface area contributed by atoms with Crippen molar-refractivity contribution < 1.29 is 9.90 Å². The predicted octanol–water partition coefficient (Wildman–Crippen LogP) is 0.219. The molecule has 1 rings (SSSR count). The number of aryl methyl sites for hydroxylation is 1. The van der Waals surface area contributed by atoms with Crippen molar-refractivity contribution in [3.63, 3.8) is 0 Å². The third-order valence-corrected chi connectivity index (χ3v) is 1.84. The second kappa shape index (κ2) is 4.05. The van der Waals surface area contributed by atoms with Crippen LogP contribution in [0.2, 0.25) is 0 Å². The maximum absolute atomic E-state index is 10.9. The molecule has 1 aromatic heterocycles. The SMILES string of the molecule is Cc1ccc(C(=N)N(C)N)c(C(=O)O)n1. The van der Waals surface area contributed by atoms with Crippen molar-refractivity contribution in [2.45, 2.75) is 6.92 Å². The number of aromatic nitrogens is 1. The Labute approximate surface area is 86.8 Å². The summed E-state index contributed by atoms with van der Waals surface area (Å²) in [6.07, 6.45) is 0. The number of nitrogens with one attached hydrogen (secondary N) is 1. The Morgan fingerprint density at radius 1 is 1.60 bits per heavy atom. The van der Waals surface area contributed by atoms with Gasteiger partial charge in [0.05, 0.1) is 5.56 Å². The van der Waals surface area contributed by atoms with Gasteiger partial charge in [0.15, 0.2) is 5.69 Å². The fourth-order valence-electron chi connectivity index (χ4n) is 1.10. The number of carbonyl (C=O) groups is 1. The Kier molecular flexibility index (Phi) is 3.01. The average molecular weight is 208 g/mol. The fourth-order valence-corrected chi connectivity index (χ4v) is 1.10. The lowest BCUT2D eigenvalue weighted by molar-refractivity contribution is 0.0690. The molecule has 1 aromatic rings. The number of aromatic carboxylic acids is 1. The van der Waals surface area contributed by atoms with Crippen LogP contribution in [0.25, 0.3) is 0 Å². The van der Waals surface area contributed by atoms with Crippen molar-refractivity contribution in [3.05, 3.63) is 29.1 Å². The zero-order valence-corrected chi connectivity index (χ0v) is 8.48. The molecule has 0 spiro atoms. The van der Waals surface area contributed by atoms with Gasteiger partial charge in [0.1, 0.15) is 5.84 Å². The number of hydrogen-bond donors (Lipinski definition) is 3. The molecule has 80 valence electrons. The van der Waals surface area contributed by atoms with Gasteiger partial charge in [-0.1, -0.05) is 0 Å². The number of amidine groups is 1. The van der Waals surface area contributed by atoms with Gasteiger partial charge in [-0.25, -0.2) is 15.6 Å². The van der Waals surface area contributed by atoms with Crippen LogP contribution in [0.5, 0.6) is 0 Å². The molecule has 0 fully saturated rings. The first-order chi connectivity index (χ1) is 6.93. The smallest absolute Gasteiger partial charge is 0.355 e. The lowest BCUT2D eigenvalue weighted by Crippen LogP contribution is -2.34. The number of rotatable bonds is 2. The highest BCUT2D eigenvalue weighted by molar-refractivity contribution is 6.04. The van der Waals surface area contributed by atoms with E-state index >= 15 is 0 Å². The molecule has 6 heteroatoms. The summed E-state index contributed by atoms with van der Waals surface area (Å²) in [5.74, 6) is 4.11. The van der Waals surface area contributed by atoms with Gasteiger partial charge in [0, 0.05) is 12.7 Å². The van der Waals surface area contributed by atoms with Crippen molar-refractivity contribution in [2.24, 2.45) is 5.84 Å². The minimum atomic E-state index is -1.17. The summed E-state index contributed by atoms with van der Waals surface area (Å²) < 4.78 is 0. The molecule has 0 aliphatic carbocycles. The standard InChI is InChI=1S/C9H12N4O2/c1-5-3-4-6(8(10)13(2)11)7(12-5)9(14)15/h3-4,10H,11H2,1-2H3,(H,14,15). The monoisotopic (exact) mass is 208 g/mol. The second-order valence-electron chi connectivity index (χ2n) is 3.11. The Morgan fingerprint density at radius 2 is 2.20 bits per heavy atom. The zero-order chi connectivity index (χ0) is 11.6. The van der Waals surface area contributed by atoms with Crippen LogP contribution in [-0.4, -0.2) is 34.0 Å². The second-order valence-corrected chi connectivity index (χ2v) is 3.11. The lowest BCUT2D eigenvalue weighted by Gasteiger charge is -2.14. The minimum Gasteiger partial charge on any atom is -0.476 e. The molecule has 0 bridgehead atoms. The van der Waals surface area contributed by atoms with Crippen LogP contribution >= 0.6 is 0 Å². The Morgan fingerprint density at radius 3 is 2.67 bits per heavy atom. The van der Waals surface area contributed by atoms with Crippen LogP contribution in [0.15, 0.2) is 12.1 Å². The number of pyridine rings is 1. The Balaban J connectivity index is 3.29. The van der Waals surface area contributed by atoms with E-state index < -0.39 is 5.97 Å². The number of hydrazine groups is 1. The molecule has 0 aromatic carbocycles. The van der Waals surface area contributed by atoms with E-state index in [0.717, 1.165) is 5.01 Å². The van der Waals surface area contributed by atoms with E-state index in [1.54, 1.807) is 13.0 Å². The highest BCUT2D eigenvalue weighted by Crippen LogP contribution is 2.09. The van der Waals surface area contributed by atoms with Gasteiger partial charge in [-0.05, 0) is 19.1 Å². The van der Waals surface area contributed by atoms with Crippen molar-refractivity contribution in [1.29, 1.82) is 5.41 Å². The molecule has 0 unspecified atom stereocenters. The van der Waals surface area contributed by atoms with E-state index in [1.165, 1.54) is 13.1 Å². The highest BCUT2D eigenvalue weighted by Gasteiger charge is 2.16. The summed E-state index contributed by atoms with van der Waals surface area (Å²) in [5, 5.41) is 17.5. The first kappa shape index (κ1) is 11.1. The van der Waals surface area contributed by atoms with E-state index in [1.807, 2.05) is 0 Å². The fraction of sp³-hybridized carbons (Fsp3) is 0.222. The molecule has 15 heavy (non-hydrogen) atoms. The highest BCUT2D eigenvalue weighted by atomic mass is 16.4. The van der Waals surface area contributed by atoms with Crippen molar-refractivity contribution in [2.75, 3.05) is 7.05 Å². The topological polar surface area (TPSA) is 103 Å². The number of nitrogens with zero attached hydrogens (tertiary/aromatic N) is 2. The number of nitrogens with two attached hydrogens (primary N) is 1. The molecule has 0 aliphatic rings. The van der Waals surface area contributed by atoms with Gasteiger partial charge in [-0.15, -0.1) is 0 Å². The van der Waals surface area contributed by atoms with Gasteiger partial charge in [-0.3, -0.25) is 10.4 Å². The Hall–Kier alpha value is -1.95. The zero-order valence-electron chi connectivity index (χ0n) is 8.48. The predicted molar refractivity (Wildman–Crippen MR) is 54.7 cm³/mol. The van der Waals surface area contributed by atoms with Gasteiger partial charge < -0.3 is 5.11 Å². The summed E-state index contributed by atoms with van der Waals surface area (Å²) in [7, 11) is 1.47. The van der Waals surface area contributed by atoms with Crippen LogP contribution in [0.1, 0.15) is 21.7 Å². The maximum Gasteiger partial charge on any atom is 0.355 e. The third kappa shape index (κ3) is 2.29. The quantitative estimate of drug-likeness (QED) is 0.279. The summed E-state index contributed by atoms with van der Waals surface area (Å²) >= 11 is 0. The van der Waals surface area contributed by atoms with Crippen molar-refractivity contribution in [1.82, 2.24) is 9.99 Å². The summed E-state index contributed by atoms with van der Waals surface area (Å²) in [5.41, 5.74) is 0.638. The van der Waals surface area contributed by atoms with Gasteiger partial charge >= 0.3 is 5.97 Å². The molecule has 4 N–H and O–H groups in total. The molecule has 0 atom stereocenters.